The molecule has 0 bridgehead atoms. The zero-order valence-electron chi connectivity index (χ0n) is 14.1. The average Bonchev–Trinajstić information content (AvgIpc) is 2.94. The van der Waals surface area contributed by atoms with E-state index in [0.29, 0.717) is 30.3 Å². The van der Waals surface area contributed by atoms with Crippen molar-refractivity contribution in [2.24, 2.45) is 5.73 Å². The Morgan fingerprint density at radius 2 is 2.16 bits per heavy atom. The van der Waals surface area contributed by atoms with Crippen molar-refractivity contribution in [1.82, 2.24) is 10.2 Å². The highest BCUT2D eigenvalue weighted by Gasteiger charge is 2.31. The van der Waals surface area contributed by atoms with Crippen LogP contribution in [0.2, 0.25) is 0 Å². The Bertz CT molecular complexity index is 815. The number of ether oxygens (including phenoxy) is 2. The summed E-state index contributed by atoms with van der Waals surface area (Å²) in [5, 5.41) is 9.83. The second-order valence-corrected chi connectivity index (χ2v) is 5.81. The Morgan fingerprint density at radius 1 is 1.36 bits per heavy atom. The van der Waals surface area contributed by atoms with Gasteiger partial charge in [0.05, 0.1) is 6.61 Å². The monoisotopic (exact) mass is 344 g/mol. The molecule has 2 heterocycles. The molecule has 0 saturated heterocycles. The highest BCUT2D eigenvalue weighted by Crippen LogP contribution is 2.40. The number of aromatic nitrogens is 2. The average molecular weight is 344 g/mol. The van der Waals surface area contributed by atoms with Crippen molar-refractivity contribution >= 4 is 17.6 Å². The molecule has 0 unspecified atom stereocenters. The predicted molar refractivity (Wildman–Crippen MR) is 90.7 cm³/mol. The summed E-state index contributed by atoms with van der Waals surface area (Å²) in [6.45, 7) is 3.99. The number of rotatable bonds is 6. The molecule has 1 atom stereocenters. The molecule has 25 heavy (non-hydrogen) atoms. The Hall–Kier alpha value is -3.03. The fraction of sp³-hybridized carbons (Fsp3) is 0.353. The van der Waals surface area contributed by atoms with E-state index in [1.165, 1.54) is 0 Å². The lowest BCUT2D eigenvalue weighted by Crippen LogP contribution is -2.23. The van der Waals surface area contributed by atoms with Gasteiger partial charge in [-0.3, -0.25) is 14.7 Å². The molecule has 1 aromatic heterocycles. The van der Waals surface area contributed by atoms with E-state index in [1.807, 2.05) is 26.0 Å². The summed E-state index contributed by atoms with van der Waals surface area (Å²) >= 11 is 0. The second-order valence-electron chi connectivity index (χ2n) is 5.81. The first-order valence-electron chi connectivity index (χ1n) is 8.02. The van der Waals surface area contributed by atoms with E-state index in [1.54, 1.807) is 6.07 Å². The number of aromatic amines is 1. The van der Waals surface area contributed by atoms with Crippen LogP contribution in [0.5, 0.6) is 11.5 Å². The maximum Gasteiger partial charge on any atom is 0.255 e. The van der Waals surface area contributed by atoms with Gasteiger partial charge in [-0.05, 0) is 31.5 Å². The lowest BCUT2D eigenvalue weighted by atomic mass is 9.85. The zero-order chi connectivity index (χ0) is 18.0. The van der Waals surface area contributed by atoms with Crippen LogP contribution in [-0.4, -0.2) is 35.2 Å². The maximum absolute atomic E-state index is 12.0. The van der Waals surface area contributed by atoms with Crippen LogP contribution >= 0.6 is 0 Å². The number of benzene rings is 1. The van der Waals surface area contributed by atoms with Gasteiger partial charge in [0.1, 0.15) is 0 Å². The molecule has 2 aromatic rings. The van der Waals surface area contributed by atoms with Gasteiger partial charge in [0, 0.05) is 23.6 Å². The summed E-state index contributed by atoms with van der Waals surface area (Å²) < 4.78 is 11.0. The normalized spacial score (nSPS) is 16.1. The van der Waals surface area contributed by atoms with Crippen molar-refractivity contribution in [3.05, 3.63) is 35.0 Å². The molecule has 8 nitrogen and oxygen atoms in total. The van der Waals surface area contributed by atoms with E-state index < -0.39 is 5.91 Å². The van der Waals surface area contributed by atoms with Gasteiger partial charge in [0.15, 0.2) is 23.9 Å². The molecule has 0 aliphatic carbocycles. The van der Waals surface area contributed by atoms with Gasteiger partial charge in [-0.15, -0.1) is 0 Å². The van der Waals surface area contributed by atoms with Crippen LogP contribution in [0, 0.1) is 6.92 Å². The summed E-state index contributed by atoms with van der Waals surface area (Å²) in [6.07, 6.45) is 0.320. The number of nitrogens with zero attached hydrogens (tertiary/aromatic N) is 1. The molecular weight excluding hydrogens is 324 g/mol. The summed E-state index contributed by atoms with van der Waals surface area (Å²) in [5.41, 5.74) is 7.91. The molecule has 0 saturated carbocycles. The molecule has 2 amide bonds. The maximum atomic E-state index is 12.0. The first-order valence-corrected chi connectivity index (χ1v) is 8.02. The van der Waals surface area contributed by atoms with Gasteiger partial charge in [0.25, 0.3) is 5.91 Å². The van der Waals surface area contributed by atoms with E-state index in [2.05, 4.69) is 15.5 Å². The number of aryl methyl sites for hydroxylation is 1. The molecule has 3 rings (SSSR count). The topological polar surface area (TPSA) is 119 Å². The zero-order valence-corrected chi connectivity index (χ0v) is 14.1. The minimum absolute atomic E-state index is 0.0870. The molecule has 1 aliphatic heterocycles. The number of hydrogen-bond acceptors (Lipinski definition) is 5. The molecule has 1 aromatic carbocycles. The summed E-state index contributed by atoms with van der Waals surface area (Å²) in [4.78, 5) is 22.9. The van der Waals surface area contributed by atoms with Crippen LogP contribution in [0.15, 0.2) is 18.2 Å². The van der Waals surface area contributed by atoms with Gasteiger partial charge < -0.3 is 20.5 Å². The van der Waals surface area contributed by atoms with Gasteiger partial charge in [-0.2, -0.15) is 5.10 Å². The number of anilines is 1. The predicted octanol–water partition coefficient (Wildman–Crippen LogP) is 1.46. The van der Waals surface area contributed by atoms with E-state index in [0.717, 1.165) is 16.8 Å². The van der Waals surface area contributed by atoms with Crippen molar-refractivity contribution < 1.29 is 19.1 Å². The smallest absolute Gasteiger partial charge is 0.255 e. The van der Waals surface area contributed by atoms with Crippen molar-refractivity contribution in [3.63, 3.8) is 0 Å². The largest absolute Gasteiger partial charge is 0.490 e. The standard InChI is InChI=1S/C17H20N4O4/c1-3-24-13-6-10(4-5-12(13)25-8-14(18)22)11-7-15(23)19-17-16(11)9(2)20-21-17/h4-6,11H,3,7-8H2,1-2H3,(H2,18,22)(H2,19,20,21,23)/t11-/m1/s1. The third kappa shape index (κ3) is 3.42. The molecular formula is C17H20N4O4. The van der Waals surface area contributed by atoms with Crippen LogP contribution in [0.4, 0.5) is 5.82 Å². The minimum Gasteiger partial charge on any atom is -0.490 e. The summed E-state index contributed by atoms with van der Waals surface area (Å²) in [7, 11) is 0. The van der Waals surface area contributed by atoms with Crippen LogP contribution in [-0.2, 0) is 9.59 Å². The highest BCUT2D eigenvalue weighted by molar-refractivity contribution is 5.94. The van der Waals surface area contributed by atoms with E-state index in [9.17, 15) is 9.59 Å². The van der Waals surface area contributed by atoms with Gasteiger partial charge in [-0.25, -0.2) is 0 Å². The number of primary amides is 1. The molecule has 8 heteroatoms. The van der Waals surface area contributed by atoms with Gasteiger partial charge in [0.2, 0.25) is 5.91 Å². The first kappa shape index (κ1) is 16.8. The number of H-pyrrole nitrogens is 1. The fourth-order valence-corrected chi connectivity index (χ4v) is 2.99. The SMILES string of the molecule is CCOc1cc([C@H]2CC(=O)Nc3n[nH]c(C)c32)ccc1OCC(N)=O. The molecule has 0 radical (unpaired) electrons. The first-order chi connectivity index (χ1) is 12.0. The molecule has 4 N–H and O–H groups in total. The van der Waals surface area contributed by atoms with Crippen LogP contribution < -0.4 is 20.5 Å². The van der Waals surface area contributed by atoms with Crippen LogP contribution in [0.1, 0.15) is 36.1 Å². The van der Waals surface area contributed by atoms with Crippen molar-refractivity contribution in [3.8, 4) is 11.5 Å². The van der Waals surface area contributed by atoms with Crippen molar-refractivity contribution in [2.45, 2.75) is 26.2 Å². The Labute approximate surface area is 144 Å². The van der Waals surface area contributed by atoms with Gasteiger partial charge in [-0.1, -0.05) is 6.07 Å². The summed E-state index contributed by atoms with van der Waals surface area (Å²) in [6, 6.07) is 5.42. The van der Waals surface area contributed by atoms with Crippen molar-refractivity contribution in [2.75, 3.05) is 18.5 Å². The van der Waals surface area contributed by atoms with Gasteiger partial charge >= 0.3 is 0 Å². The Morgan fingerprint density at radius 3 is 2.88 bits per heavy atom. The highest BCUT2D eigenvalue weighted by atomic mass is 16.5. The van der Waals surface area contributed by atoms with E-state index in [4.69, 9.17) is 15.2 Å². The van der Waals surface area contributed by atoms with Crippen LogP contribution in [0.25, 0.3) is 0 Å². The Balaban J connectivity index is 1.97. The molecule has 0 fully saturated rings. The lowest BCUT2D eigenvalue weighted by Gasteiger charge is -2.24. The summed E-state index contributed by atoms with van der Waals surface area (Å²) in [5.74, 6) is 0.728. The second kappa shape index (κ2) is 6.84. The number of nitrogens with one attached hydrogen (secondary N) is 2. The number of carbonyl (C=O) groups excluding carboxylic acids is 2. The molecule has 132 valence electrons. The fourth-order valence-electron chi connectivity index (χ4n) is 2.99. The third-order valence-electron chi connectivity index (χ3n) is 4.03. The van der Waals surface area contributed by atoms with E-state index >= 15 is 0 Å². The number of carbonyl (C=O) groups is 2. The number of hydrogen-bond donors (Lipinski definition) is 3. The number of amides is 2. The Kier molecular flexibility index (Phi) is 4.60. The number of nitrogens with two attached hydrogens (primary N) is 1. The minimum atomic E-state index is -0.561. The third-order valence-corrected chi connectivity index (χ3v) is 4.03. The van der Waals surface area contributed by atoms with Crippen molar-refractivity contribution in [1.29, 1.82) is 0 Å². The lowest BCUT2D eigenvalue weighted by molar-refractivity contribution is -0.120. The van der Waals surface area contributed by atoms with Crippen LogP contribution in [0.3, 0.4) is 0 Å². The quantitative estimate of drug-likeness (QED) is 0.733. The molecule has 0 spiro atoms. The number of fused-ring (bicyclic) bond motifs is 1. The van der Waals surface area contributed by atoms with E-state index in [-0.39, 0.29) is 18.4 Å². The molecule has 1 aliphatic rings.